The molecule has 0 aliphatic rings. The fourth-order valence-corrected chi connectivity index (χ4v) is 3.78. The fourth-order valence-electron chi connectivity index (χ4n) is 3.78. The lowest BCUT2D eigenvalue weighted by molar-refractivity contribution is 0.430. The third-order valence-electron chi connectivity index (χ3n) is 5.64. The highest BCUT2D eigenvalue weighted by Crippen LogP contribution is 2.19. The molecule has 0 heterocycles. The van der Waals surface area contributed by atoms with Crippen LogP contribution >= 0.6 is 0 Å². The molecule has 0 N–H and O–H groups in total. The van der Waals surface area contributed by atoms with Crippen LogP contribution in [0.3, 0.4) is 0 Å². The van der Waals surface area contributed by atoms with Crippen LogP contribution in [0.15, 0.2) is 0 Å². The van der Waals surface area contributed by atoms with Crippen molar-refractivity contribution >= 4 is 0 Å². The Labute approximate surface area is 161 Å². The maximum absolute atomic E-state index is 3.91. The Kier molecular flexibility index (Phi) is 22.0. The largest absolute Gasteiger partial charge is 0.0625 e. The number of hydrogen-bond acceptors (Lipinski definition) is 0. The van der Waals surface area contributed by atoms with E-state index in [4.69, 9.17) is 0 Å². The van der Waals surface area contributed by atoms with Crippen LogP contribution < -0.4 is 0 Å². The average molecular weight is 351 g/mol. The van der Waals surface area contributed by atoms with Crippen LogP contribution in [0.1, 0.15) is 142 Å². The van der Waals surface area contributed by atoms with E-state index in [0.717, 1.165) is 18.8 Å². The maximum Gasteiger partial charge on any atom is -0.0443 e. The molecule has 1 unspecified atom stereocenters. The van der Waals surface area contributed by atoms with Crippen molar-refractivity contribution in [2.75, 3.05) is 0 Å². The Morgan fingerprint density at radius 1 is 0.400 bits per heavy atom. The van der Waals surface area contributed by atoms with Crippen molar-refractivity contribution in [1.29, 1.82) is 0 Å². The maximum atomic E-state index is 3.91. The molecule has 0 aromatic heterocycles. The second-order valence-corrected chi connectivity index (χ2v) is 8.40. The zero-order chi connectivity index (χ0) is 18.4. The molecule has 0 saturated carbocycles. The monoisotopic (exact) mass is 350 g/mol. The molecule has 0 amide bonds. The molecule has 0 fully saturated rings. The van der Waals surface area contributed by atoms with Gasteiger partial charge in [0.1, 0.15) is 0 Å². The van der Waals surface area contributed by atoms with Gasteiger partial charge in [-0.3, -0.25) is 0 Å². The van der Waals surface area contributed by atoms with Gasteiger partial charge in [0.2, 0.25) is 0 Å². The van der Waals surface area contributed by atoms with Gasteiger partial charge in [0.05, 0.1) is 0 Å². The van der Waals surface area contributed by atoms with Crippen LogP contribution in [0.2, 0.25) is 0 Å². The SMILES string of the molecule is [CH2]CCCCCCCCCCCCCC(C)CCCCCCCC[CH2]. The predicted molar refractivity (Wildman–Crippen MR) is 117 cm³/mol. The molecule has 0 aliphatic heterocycles. The molecular weight excluding hydrogens is 300 g/mol. The molecule has 1 atom stereocenters. The minimum atomic E-state index is 0.957. The second-order valence-electron chi connectivity index (χ2n) is 8.40. The van der Waals surface area contributed by atoms with E-state index in [1.807, 2.05) is 0 Å². The van der Waals surface area contributed by atoms with E-state index < -0.39 is 0 Å². The third kappa shape index (κ3) is 22.0. The summed E-state index contributed by atoms with van der Waals surface area (Å²) in [6.45, 7) is 10.3. The highest BCUT2D eigenvalue weighted by atomic mass is 14.1. The minimum Gasteiger partial charge on any atom is -0.0625 e. The Morgan fingerprint density at radius 2 is 0.640 bits per heavy atom. The molecule has 150 valence electrons. The highest BCUT2D eigenvalue weighted by Gasteiger charge is 2.02. The molecule has 0 heteroatoms. The van der Waals surface area contributed by atoms with Crippen LogP contribution in [-0.4, -0.2) is 0 Å². The van der Waals surface area contributed by atoms with Gasteiger partial charge in [-0.1, -0.05) is 156 Å². The summed E-state index contributed by atoms with van der Waals surface area (Å²) in [6, 6.07) is 0. The van der Waals surface area contributed by atoms with Gasteiger partial charge in [-0.2, -0.15) is 0 Å². The summed E-state index contributed by atoms with van der Waals surface area (Å²) in [5.74, 6) is 0.957. The van der Waals surface area contributed by atoms with E-state index in [0.29, 0.717) is 0 Å². The standard InChI is InChI=1S/C25H50/c1-4-6-8-10-12-13-14-15-16-18-20-22-24-25(3)23-21-19-17-11-9-7-5-2/h25H,1-2,4-24H2,3H3. The topological polar surface area (TPSA) is 0 Å². The molecule has 2 radical (unpaired) electrons. The van der Waals surface area contributed by atoms with Crippen LogP contribution in [0.25, 0.3) is 0 Å². The molecule has 0 aromatic rings. The van der Waals surface area contributed by atoms with Crippen LogP contribution in [0.5, 0.6) is 0 Å². The lowest BCUT2D eigenvalue weighted by Crippen LogP contribution is -1.95. The van der Waals surface area contributed by atoms with Crippen LogP contribution in [0.4, 0.5) is 0 Å². The number of rotatable bonds is 21. The second kappa shape index (κ2) is 22.0. The Balaban J connectivity index is 3.11. The summed E-state index contributed by atoms with van der Waals surface area (Å²) in [5, 5.41) is 0. The van der Waals surface area contributed by atoms with E-state index in [1.165, 1.54) is 122 Å². The lowest BCUT2D eigenvalue weighted by atomic mass is 9.95. The predicted octanol–water partition coefficient (Wildman–Crippen LogP) is 9.48. The zero-order valence-electron chi connectivity index (χ0n) is 17.8. The first-order valence-electron chi connectivity index (χ1n) is 11.9. The molecule has 0 rings (SSSR count). The quantitative estimate of drug-likeness (QED) is 0.181. The van der Waals surface area contributed by atoms with Crippen molar-refractivity contribution in [1.82, 2.24) is 0 Å². The van der Waals surface area contributed by atoms with Gasteiger partial charge >= 0.3 is 0 Å². The first-order chi connectivity index (χ1) is 12.3. The Morgan fingerprint density at radius 3 is 0.920 bits per heavy atom. The van der Waals surface area contributed by atoms with E-state index in [9.17, 15) is 0 Å². The van der Waals surface area contributed by atoms with Gasteiger partial charge in [0.15, 0.2) is 0 Å². The normalized spacial score (nSPS) is 12.6. The van der Waals surface area contributed by atoms with Gasteiger partial charge in [-0.25, -0.2) is 0 Å². The molecule has 0 aromatic carbocycles. The summed E-state index contributed by atoms with van der Waals surface area (Å²) in [6.07, 6.45) is 29.6. The molecule has 0 saturated heterocycles. The third-order valence-corrected chi connectivity index (χ3v) is 5.64. The summed E-state index contributed by atoms with van der Waals surface area (Å²) < 4.78 is 0. The molecule has 0 aliphatic carbocycles. The van der Waals surface area contributed by atoms with E-state index in [-0.39, 0.29) is 0 Å². The van der Waals surface area contributed by atoms with Gasteiger partial charge in [0.25, 0.3) is 0 Å². The molecule has 0 bridgehead atoms. The Bertz CT molecular complexity index is 220. The summed E-state index contributed by atoms with van der Waals surface area (Å²) >= 11 is 0. The first-order valence-corrected chi connectivity index (χ1v) is 11.9. The smallest absolute Gasteiger partial charge is 0.0443 e. The van der Waals surface area contributed by atoms with E-state index >= 15 is 0 Å². The molecule has 0 nitrogen and oxygen atoms in total. The van der Waals surface area contributed by atoms with Crippen molar-refractivity contribution in [2.45, 2.75) is 142 Å². The number of unbranched alkanes of at least 4 members (excludes halogenated alkanes) is 17. The minimum absolute atomic E-state index is 0.957. The van der Waals surface area contributed by atoms with Gasteiger partial charge in [0, 0.05) is 0 Å². The summed E-state index contributed by atoms with van der Waals surface area (Å²) in [4.78, 5) is 0. The number of hydrogen-bond donors (Lipinski definition) is 0. The highest BCUT2D eigenvalue weighted by molar-refractivity contribution is 4.56. The Hall–Kier alpha value is 0. The van der Waals surface area contributed by atoms with Crippen LogP contribution in [0, 0.1) is 19.8 Å². The molecule has 25 heavy (non-hydrogen) atoms. The zero-order valence-corrected chi connectivity index (χ0v) is 17.8. The van der Waals surface area contributed by atoms with Gasteiger partial charge in [-0.15, -0.1) is 0 Å². The van der Waals surface area contributed by atoms with E-state index in [2.05, 4.69) is 20.8 Å². The van der Waals surface area contributed by atoms with Crippen molar-refractivity contribution in [2.24, 2.45) is 5.92 Å². The van der Waals surface area contributed by atoms with Gasteiger partial charge in [-0.05, 0) is 5.92 Å². The molecular formula is C25H50. The lowest BCUT2D eigenvalue weighted by Gasteiger charge is -2.11. The average Bonchev–Trinajstić information content (AvgIpc) is 2.62. The first kappa shape index (κ1) is 25.0. The van der Waals surface area contributed by atoms with Crippen LogP contribution in [-0.2, 0) is 0 Å². The van der Waals surface area contributed by atoms with Crippen molar-refractivity contribution < 1.29 is 0 Å². The van der Waals surface area contributed by atoms with E-state index in [1.54, 1.807) is 0 Å². The summed E-state index contributed by atoms with van der Waals surface area (Å²) in [7, 11) is 0. The molecule has 0 spiro atoms. The summed E-state index contributed by atoms with van der Waals surface area (Å²) in [5.41, 5.74) is 0. The van der Waals surface area contributed by atoms with Crippen molar-refractivity contribution in [3.05, 3.63) is 13.8 Å². The van der Waals surface area contributed by atoms with Crippen molar-refractivity contribution in [3.8, 4) is 0 Å². The van der Waals surface area contributed by atoms with Crippen molar-refractivity contribution in [3.63, 3.8) is 0 Å². The van der Waals surface area contributed by atoms with Gasteiger partial charge < -0.3 is 0 Å². The fraction of sp³-hybridized carbons (Fsp3) is 0.920.